The number of ether oxygens (including phenoxy) is 1. The van der Waals surface area contributed by atoms with Crippen molar-refractivity contribution in [1.82, 2.24) is 0 Å². The lowest BCUT2D eigenvalue weighted by Gasteiger charge is -2.25. The predicted octanol–water partition coefficient (Wildman–Crippen LogP) is 1.82. The van der Waals surface area contributed by atoms with Gasteiger partial charge in [0.15, 0.2) is 0 Å². The summed E-state index contributed by atoms with van der Waals surface area (Å²) in [6.07, 6.45) is 2.54. The van der Waals surface area contributed by atoms with Crippen LogP contribution < -0.4 is 0 Å². The maximum Gasteiger partial charge on any atom is 0.0872 e. The van der Waals surface area contributed by atoms with Crippen molar-refractivity contribution < 1.29 is 4.74 Å². The highest BCUT2D eigenvalue weighted by molar-refractivity contribution is 5.04. The van der Waals surface area contributed by atoms with Gasteiger partial charge in [0.2, 0.25) is 0 Å². The van der Waals surface area contributed by atoms with E-state index in [4.69, 9.17) is 4.74 Å². The molecule has 0 aromatic heterocycles. The minimum atomic E-state index is 0.549. The second-order valence-corrected chi connectivity index (χ2v) is 4.12. The molecule has 0 radical (unpaired) electrons. The van der Waals surface area contributed by atoms with Crippen LogP contribution in [0.25, 0.3) is 0 Å². The maximum absolute atomic E-state index is 5.40. The molecule has 0 aromatic rings. The first-order valence-corrected chi connectivity index (χ1v) is 3.77. The van der Waals surface area contributed by atoms with Gasteiger partial charge in [-0.05, 0) is 17.8 Å². The highest BCUT2D eigenvalue weighted by Crippen LogP contribution is 2.53. The fraction of sp³-hybridized carbons (Fsp3) is 1.00. The molecule has 3 atom stereocenters. The predicted molar refractivity (Wildman–Crippen MR) is 36.2 cm³/mol. The monoisotopic (exact) mass is 126 g/mol. The summed E-state index contributed by atoms with van der Waals surface area (Å²) in [5.74, 6) is 0.780. The molecule has 0 spiro atoms. The Balaban J connectivity index is 2.16. The highest BCUT2D eigenvalue weighted by Gasteiger charge is 2.56. The molecule has 2 aliphatic rings. The SMILES string of the molecule is CC1C2OC2CC1(C)C. The molecule has 1 aliphatic heterocycles. The standard InChI is InChI=1S/C8H14O/c1-5-7-6(9-7)4-8(5,2)3/h5-7H,4H2,1-3H3. The van der Waals surface area contributed by atoms with Crippen molar-refractivity contribution in [1.29, 1.82) is 0 Å². The van der Waals surface area contributed by atoms with Crippen LogP contribution in [0.15, 0.2) is 0 Å². The van der Waals surface area contributed by atoms with Crippen molar-refractivity contribution in [3.8, 4) is 0 Å². The molecule has 1 saturated heterocycles. The van der Waals surface area contributed by atoms with Crippen LogP contribution in [0.2, 0.25) is 0 Å². The zero-order chi connectivity index (χ0) is 6.65. The van der Waals surface area contributed by atoms with Gasteiger partial charge in [0.25, 0.3) is 0 Å². The highest BCUT2D eigenvalue weighted by atomic mass is 16.6. The van der Waals surface area contributed by atoms with E-state index in [2.05, 4.69) is 20.8 Å². The summed E-state index contributed by atoms with van der Waals surface area (Å²) in [7, 11) is 0. The van der Waals surface area contributed by atoms with Crippen LogP contribution >= 0.6 is 0 Å². The molecule has 0 amide bonds. The normalized spacial score (nSPS) is 53.0. The Labute approximate surface area is 56.4 Å². The Morgan fingerprint density at radius 2 is 2.11 bits per heavy atom. The third-order valence-corrected chi connectivity index (χ3v) is 3.07. The summed E-state index contributed by atoms with van der Waals surface area (Å²) < 4.78 is 5.40. The van der Waals surface area contributed by atoms with E-state index in [1.807, 2.05) is 0 Å². The summed E-state index contributed by atoms with van der Waals surface area (Å²) in [6, 6.07) is 0. The van der Waals surface area contributed by atoms with Crippen LogP contribution in [-0.4, -0.2) is 12.2 Å². The maximum atomic E-state index is 5.40. The molecule has 1 heterocycles. The van der Waals surface area contributed by atoms with E-state index >= 15 is 0 Å². The Hall–Kier alpha value is -0.0400. The zero-order valence-corrected chi connectivity index (χ0v) is 6.35. The first-order valence-electron chi connectivity index (χ1n) is 3.77. The quantitative estimate of drug-likeness (QED) is 0.451. The van der Waals surface area contributed by atoms with Crippen molar-refractivity contribution in [2.24, 2.45) is 11.3 Å². The van der Waals surface area contributed by atoms with Crippen molar-refractivity contribution in [3.63, 3.8) is 0 Å². The average Bonchev–Trinajstić information content (AvgIpc) is 2.39. The van der Waals surface area contributed by atoms with Crippen LogP contribution in [-0.2, 0) is 4.74 Å². The van der Waals surface area contributed by atoms with Crippen molar-refractivity contribution in [3.05, 3.63) is 0 Å². The first kappa shape index (κ1) is 5.72. The molecule has 1 heteroatoms. The minimum Gasteiger partial charge on any atom is -0.369 e. The summed E-state index contributed by atoms with van der Waals surface area (Å²) in [6.45, 7) is 6.98. The van der Waals surface area contributed by atoms with Crippen LogP contribution in [0.1, 0.15) is 27.2 Å². The Kier molecular flexibility index (Phi) is 0.852. The van der Waals surface area contributed by atoms with E-state index in [1.165, 1.54) is 6.42 Å². The van der Waals surface area contributed by atoms with Gasteiger partial charge in [-0.25, -0.2) is 0 Å². The van der Waals surface area contributed by atoms with Crippen LogP contribution in [0.3, 0.4) is 0 Å². The van der Waals surface area contributed by atoms with Crippen molar-refractivity contribution in [2.75, 3.05) is 0 Å². The molecule has 1 saturated carbocycles. The molecular formula is C8H14O. The summed E-state index contributed by atoms with van der Waals surface area (Å²) in [4.78, 5) is 0. The van der Waals surface area contributed by atoms with Gasteiger partial charge in [0, 0.05) is 0 Å². The minimum absolute atomic E-state index is 0.549. The van der Waals surface area contributed by atoms with Crippen LogP contribution in [0.4, 0.5) is 0 Å². The van der Waals surface area contributed by atoms with Crippen LogP contribution in [0.5, 0.6) is 0 Å². The van der Waals surface area contributed by atoms with Gasteiger partial charge < -0.3 is 4.74 Å². The molecule has 3 unspecified atom stereocenters. The van der Waals surface area contributed by atoms with Gasteiger partial charge in [-0.2, -0.15) is 0 Å². The summed E-state index contributed by atoms with van der Waals surface area (Å²) >= 11 is 0. The van der Waals surface area contributed by atoms with Crippen molar-refractivity contribution >= 4 is 0 Å². The molecule has 1 aliphatic carbocycles. The molecule has 2 rings (SSSR count). The smallest absolute Gasteiger partial charge is 0.0872 e. The van der Waals surface area contributed by atoms with Gasteiger partial charge in [-0.1, -0.05) is 20.8 Å². The van der Waals surface area contributed by atoms with E-state index in [9.17, 15) is 0 Å². The van der Waals surface area contributed by atoms with E-state index in [0.29, 0.717) is 17.6 Å². The van der Waals surface area contributed by atoms with E-state index in [0.717, 1.165) is 5.92 Å². The molecule has 1 nitrogen and oxygen atoms in total. The second-order valence-electron chi connectivity index (χ2n) is 4.12. The Morgan fingerprint density at radius 3 is 2.33 bits per heavy atom. The average molecular weight is 126 g/mol. The van der Waals surface area contributed by atoms with Gasteiger partial charge in [0.05, 0.1) is 12.2 Å². The Morgan fingerprint density at radius 1 is 1.44 bits per heavy atom. The number of hydrogen-bond acceptors (Lipinski definition) is 1. The third-order valence-electron chi connectivity index (χ3n) is 3.07. The topological polar surface area (TPSA) is 12.5 Å². The molecule has 0 bridgehead atoms. The third kappa shape index (κ3) is 0.644. The van der Waals surface area contributed by atoms with E-state index in [-0.39, 0.29) is 0 Å². The van der Waals surface area contributed by atoms with E-state index in [1.54, 1.807) is 0 Å². The number of fused-ring (bicyclic) bond motifs is 1. The lowest BCUT2D eigenvalue weighted by atomic mass is 9.82. The summed E-state index contributed by atoms with van der Waals surface area (Å²) in [5, 5.41) is 0. The van der Waals surface area contributed by atoms with E-state index < -0.39 is 0 Å². The molecule has 0 aromatic carbocycles. The molecule has 52 valence electrons. The fourth-order valence-corrected chi connectivity index (χ4v) is 1.91. The number of epoxide rings is 1. The Bertz CT molecular complexity index is 140. The number of hydrogen-bond donors (Lipinski definition) is 0. The lowest BCUT2D eigenvalue weighted by Crippen LogP contribution is -2.20. The molecule has 2 fully saturated rings. The summed E-state index contributed by atoms with van der Waals surface area (Å²) in [5.41, 5.74) is 0.549. The van der Waals surface area contributed by atoms with Gasteiger partial charge in [-0.3, -0.25) is 0 Å². The molecule has 0 N–H and O–H groups in total. The van der Waals surface area contributed by atoms with Crippen LogP contribution in [0, 0.1) is 11.3 Å². The largest absolute Gasteiger partial charge is 0.369 e. The zero-order valence-electron chi connectivity index (χ0n) is 6.35. The lowest BCUT2D eigenvalue weighted by molar-refractivity contribution is 0.145. The molecule has 9 heavy (non-hydrogen) atoms. The molecular weight excluding hydrogens is 112 g/mol. The fourth-order valence-electron chi connectivity index (χ4n) is 1.91. The van der Waals surface area contributed by atoms with Gasteiger partial charge >= 0.3 is 0 Å². The van der Waals surface area contributed by atoms with Gasteiger partial charge in [-0.15, -0.1) is 0 Å². The second kappa shape index (κ2) is 1.34. The number of rotatable bonds is 0. The first-order chi connectivity index (χ1) is 4.11. The van der Waals surface area contributed by atoms with Gasteiger partial charge in [0.1, 0.15) is 0 Å². The van der Waals surface area contributed by atoms with Crippen molar-refractivity contribution in [2.45, 2.75) is 39.4 Å².